The van der Waals surface area contributed by atoms with Crippen molar-refractivity contribution in [2.75, 3.05) is 37.9 Å². The van der Waals surface area contributed by atoms with Gasteiger partial charge in [-0.1, -0.05) is 23.2 Å². The summed E-state index contributed by atoms with van der Waals surface area (Å²) >= 11 is 12.6. The van der Waals surface area contributed by atoms with Crippen LogP contribution in [0.1, 0.15) is 0 Å². The first-order valence-electron chi connectivity index (χ1n) is 14.6. The summed E-state index contributed by atoms with van der Waals surface area (Å²) < 4.78 is 74.4. The molecule has 2 aromatic heterocycles. The Morgan fingerprint density at radius 3 is 1.25 bits per heavy atom. The number of methoxy groups -OCH3 is 2. The molecule has 4 N–H and O–H groups in total. The van der Waals surface area contributed by atoms with Crippen LogP contribution in [0.3, 0.4) is 0 Å². The van der Waals surface area contributed by atoms with E-state index in [0.717, 1.165) is 66.5 Å². The largest absolute Gasteiger partial charge is 0.497 e. The molecule has 0 bridgehead atoms. The number of ether oxygens (including phenoxy) is 2. The monoisotopic (exact) mass is 770 g/mol. The highest BCUT2D eigenvalue weighted by Crippen LogP contribution is 2.36. The van der Waals surface area contributed by atoms with E-state index in [2.05, 4.69) is 10.6 Å². The summed E-state index contributed by atoms with van der Waals surface area (Å²) in [6, 6.07) is 23.3. The molecule has 0 aliphatic heterocycles. The number of aromatic nitrogens is 2. The van der Waals surface area contributed by atoms with E-state index in [1.165, 1.54) is 0 Å². The number of halogens is 8. The van der Waals surface area contributed by atoms with E-state index < -0.39 is 24.3 Å². The maximum atomic E-state index is 10.6. The van der Waals surface area contributed by atoms with Crippen molar-refractivity contribution in [1.29, 1.82) is 0 Å². The molecule has 0 unspecified atom stereocenters. The molecule has 52 heavy (non-hydrogen) atoms. The topological polar surface area (TPSA) is 143 Å². The van der Waals surface area contributed by atoms with E-state index >= 15 is 0 Å². The van der Waals surface area contributed by atoms with Gasteiger partial charge in [0.1, 0.15) is 11.5 Å². The predicted octanol–water partition coefficient (Wildman–Crippen LogP) is 9.20. The van der Waals surface area contributed by atoms with Crippen molar-refractivity contribution in [3.8, 4) is 11.5 Å². The molecule has 0 aliphatic rings. The van der Waals surface area contributed by atoms with Gasteiger partial charge >= 0.3 is 24.3 Å². The lowest BCUT2D eigenvalue weighted by Crippen LogP contribution is -2.21. The van der Waals surface area contributed by atoms with Crippen LogP contribution in [0.4, 0.5) is 37.7 Å². The fourth-order valence-electron chi connectivity index (χ4n) is 4.80. The van der Waals surface area contributed by atoms with Gasteiger partial charge in [-0.2, -0.15) is 26.3 Å². The van der Waals surface area contributed by atoms with Crippen LogP contribution in [0.15, 0.2) is 72.8 Å². The third-order valence-corrected chi connectivity index (χ3v) is 7.57. The van der Waals surface area contributed by atoms with Crippen molar-refractivity contribution in [2.24, 2.45) is 0 Å². The second kappa shape index (κ2) is 16.2. The average Bonchev–Trinajstić information content (AvgIpc) is 3.08. The second-order valence-corrected chi connectivity index (χ2v) is 11.4. The molecule has 0 saturated carbocycles. The quantitative estimate of drug-likeness (QED) is 0.0705. The molecule has 0 amide bonds. The van der Waals surface area contributed by atoms with Gasteiger partial charge in [0.25, 0.3) is 0 Å². The molecule has 10 nitrogen and oxygen atoms in total. The SMILES string of the molecule is COc1ccc2nc3cc(Cl)ccc3c(NCCNc3c4ccc(Cl)cc4nc4ccc(OC)cc34)c2c1.O=C(O)C(F)(F)F.O=C(O)C(F)(F)F. The first-order chi connectivity index (χ1) is 24.4. The minimum absolute atomic E-state index is 0.650. The number of fused-ring (bicyclic) bond motifs is 4. The van der Waals surface area contributed by atoms with E-state index in [4.69, 9.17) is 62.4 Å². The number of nitrogens with one attached hydrogen (secondary N) is 2. The summed E-state index contributed by atoms with van der Waals surface area (Å²) in [7, 11) is 3.33. The molecule has 274 valence electrons. The summed E-state index contributed by atoms with van der Waals surface area (Å²) in [6.45, 7) is 1.30. The minimum atomic E-state index is -5.08. The van der Waals surface area contributed by atoms with Crippen molar-refractivity contribution < 1.29 is 55.6 Å². The number of hydrogen-bond acceptors (Lipinski definition) is 8. The zero-order valence-corrected chi connectivity index (χ0v) is 28.3. The minimum Gasteiger partial charge on any atom is -0.497 e. The third-order valence-electron chi connectivity index (χ3n) is 7.10. The van der Waals surface area contributed by atoms with Gasteiger partial charge < -0.3 is 30.3 Å². The summed E-state index contributed by atoms with van der Waals surface area (Å²) in [4.78, 5) is 27.4. The van der Waals surface area contributed by atoms with Gasteiger partial charge in [0, 0.05) is 44.7 Å². The van der Waals surface area contributed by atoms with E-state index in [-0.39, 0.29) is 0 Å². The number of hydrogen-bond donors (Lipinski definition) is 4. The first-order valence-corrected chi connectivity index (χ1v) is 15.4. The molecular weight excluding hydrogens is 745 g/mol. The zero-order valence-electron chi connectivity index (χ0n) is 26.8. The van der Waals surface area contributed by atoms with Crippen LogP contribution in [0.5, 0.6) is 11.5 Å². The molecule has 18 heteroatoms. The summed E-state index contributed by atoms with van der Waals surface area (Å²) in [5.74, 6) is -3.97. The van der Waals surface area contributed by atoms with E-state index in [9.17, 15) is 26.3 Å². The highest BCUT2D eigenvalue weighted by atomic mass is 35.5. The standard InChI is InChI=1S/C30H24Cl2N4O2.2C2HF3O2/c1-37-19-5-9-25-23(15-19)29(21-7-3-17(31)13-27(21)35-25)33-11-12-34-30-22-8-4-18(32)14-28(22)36-26-10-6-20(38-2)16-24(26)30;2*3-2(4,5)1(6)7/h3-10,13-16H,11-12H2,1-2H3,(H,33,35)(H,34,36);2*(H,6,7). The Bertz CT molecular complexity index is 2110. The Labute approximate surface area is 299 Å². The van der Waals surface area contributed by atoms with Crippen LogP contribution >= 0.6 is 23.2 Å². The summed E-state index contributed by atoms with van der Waals surface area (Å²) in [5, 5.41) is 26.8. The number of carbonyl (C=O) groups is 2. The highest BCUT2D eigenvalue weighted by molar-refractivity contribution is 6.32. The fourth-order valence-corrected chi connectivity index (χ4v) is 5.14. The van der Waals surface area contributed by atoms with Crippen LogP contribution in [0, 0.1) is 0 Å². The number of rotatable bonds is 7. The van der Waals surface area contributed by atoms with Gasteiger partial charge in [0.05, 0.1) is 47.7 Å². The zero-order chi connectivity index (χ0) is 38.4. The second-order valence-electron chi connectivity index (χ2n) is 10.5. The Morgan fingerprint density at radius 2 is 0.942 bits per heavy atom. The van der Waals surface area contributed by atoms with Crippen LogP contribution < -0.4 is 20.1 Å². The Morgan fingerprint density at radius 1 is 0.596 bits per heavy atom. The smallest absolute Gasteiger partial charge is 0.490 e. The lowest BCUT2D eigenvalue weighted by atomic mass is 10.1. The van der Waals surface area contributed by atoms with E-state index in [0.29, 0.717) is 23.1 Å². The van der Waals surface area contributed by atoms with Crippen molar-refractivity contribution >= 4 is 90.1 Å². The normalized spacial score (nSPS) is 11.3. The molecule has 0 saturated heterocycles. The molecule has 0 spiro atoms. The fraction of sp³-hybridized carbons (Fsp3) is 0.176. The van der Waals surface area contributed by atoms with Crippen LogP contribution in [0.25, 0.3) is 43.6 Å². The molecule has 2 heterocycles. The molecule has 0 aliphatic carbocycles. The lowest BCUT2D eigenvalue weighted by Gasteiger charge is -2.17. The molecular formula is C34H26Cl2F6N4O6. The van der Waals surface area contributed by atoms with Crippen molar-refractivity contribution in [1.82, 2.24) is 9.97 Å². The Hall–Kier alpha value is -5.48. The van der Waals surface area contributed by atoms with Gasteiger partial charge in [-0.05, 0) is 72.8 Å². The van der Waals surface area contributed by atoms with Gasteiger partial charge in [0.15, 0.2) is 0 Å². The maximum absolute atomic E-state index is 10.6. The third kappa shape index (κ3) is 9.64. The lowest BCUT2D eigenvalue weighted by molar-refractivity contribution is -0.193. The maximum Gasteiger partial charge on any atom is 0.490 e. The molecule has 6 aromatic rings. The number of anilines is 2. The Balaban J connectivity index is 0.000000367. The number of nitrogens with zero attached hydrogens (tertiary/aromatic N) is 2. The highest BCUT2D eigenvalue weighted by Gasteiger charge is 2.38. The van der Waals surface area contributed by atoms with Crippen LogP contribution in [-0.4, -0.2) is 71.8 Å². The van der Waals surface area contributed by atoms with Gasteiger partial charge in [-0.25, -0.2) is 19.6 Å². The van der Waals surface area contributed by atoms with Gasteiger partial charge in [0.2, 0.25) is 0 Å². The number of aliphatic carboxylic acids is 2. The van der Waals surface area contributed by atoms with Crippen LogP contribution in [-0.2, 0) is 9.59 Å². The summed E-state index contributed by atoms with van der Waals surface area (Å²) in [6.07, 6.45) is -10.2. The van der Waals surface area contributed by atoms with Gasteiger partial charge in [-0.3, -0.25) is 0 Å². The average molecular weight is 771 g/mol. The number of carboxylic acids is 2. The van der Waals surface area contributed by atoms with Crippen LogP contribution in [0.2, 0.25) is 10.0 Å². The summed E-state index contributed by atoms with van der Waals surface area (Å²) in [5.41, 5.74) is 5.37. The molecule has 6 rings (SSSR count). The van der Waals surface area contributed by atoms with E-state index in [1.54, 1.807) is 14.2 Å². The van der Waals surface area contributed by atoms with Gasteiger partial charge in [-0.15, -0.1) is 0 Å². The number of pyridine rings is 2. The number of carboxylic acid groups (broad SMARTS) is 2. The number of alkyl halides is 6. The molecule has 0 atom stereocenters. The van der Waals surface area contributed by atoms with Crippen molar-refractivity contribution in [2.45, 2.75) is 12.4 Å². The molecule has 0 fully saturated rings. The first kappa shape index (κ1) is 39.3. The number of benzene rings is 4. The van der Waals surface area contributed by atoms with E-state index in [1.807, 2.05) is 72.8 Å². The predicted molar refractivity (Wildman–Crippen MR) is 186 cm³/mol. The van der Waals surface area contributed by atoms with Crippen molar-refractivity contribution in [3.05, 3.63) is 82.8 Å². The Kier molecular flexibility index (Phi) is 12.3. The van der Waals surface area contributed by atoms with Crippen molar-refractivity contribution in [3.63, 3.8) is 0 Å². The molecule has 4 aromatic carbocycles. The molecule has 0 radical (unpaired) electrons.